The molecule has 1 atom stereocenters. The molecule has 1 aliphatic rings. The van der Waals surface area contributed by atoms with Crippen molar-refractivity contribution in [2.45, 2.75) is 18.9 Å². The normalized spacial score (nSPS) is 23.0. The van der Waals surface area contributed by atoms with Gasteiger partial charge in [0, 0.05) is 12.1 Å². The molecule has 1 heterocycles. The van der Waals surface area contributed by atoms with Crippen LogP contribution in [0.15, 0.2) is 24.3 Å². The fourth-order valence-corrected chi connectivity index (χ4v) is 2.13. The van der Waals surface area contributed by atoms with Crippen molar-refractivity contribution < 1.29 is 4.79 Å². The minimum atomic E-state index is -0.0700. The average molecular weight is 204 g/mol. The first-order valence-electron chi connectivity index (χ1n) is 5.27. The Morgan fingerprint density at radius 3 is 2.60 bits per heavy atom. The molecule has 0 aromatic heterocycles. The lowest BCUT2D eigenvalue weighted by Gasteiger charge is -2.31. The minimum absolute atomic E-state index is 0.0700. The number of carbonyl (C=O) groups excluding carboxylic acids is 1. The molecule has 2 N–H and O–H groups in total. The fraction of sp³-hybridized carbons (Fsp3) is 0.417. The fourth-order valence-electron chi connectivity index (χ4n) is 2.13. The molecule has 1 unspecified atom stereocenters. The predicted molar refractivity (Wildman–Crippen MR) is 60.5 cm³/mol. The number of nitrogens with zero attached hydrogens (tertiary/aromatic N) is 1. The van der Waals surface area contributed by atoms with Gasteiger partial charge >= 0.3 is 0 Å². The van der Waals surface area contributed by atoms with Gasteiger partial charge in [-0.05, 0) is 37.7 Å². The molecular weight excluding hydrogens is 188 g/mol. The molecule has 0 bridgehead atoms. The van der Waals surface area contributed by atoms with Gasteiger partial charge in [-0.2, -0.15) is 0 Å². The van der Waals surface area contributed by atoms with E-state index < -0.39 is 0 Å². The summed E-state index contributed by atoms with van der Waals surface area (Å²) >= 11 is 0. The van der Waals surface area contributed by atoms with Crippen LogP contribution in [0.5, 0.6) is 0 Å². The highest BCUT2D eigenvalue weighted by Gasteiger charge is 2.27. The number of Topliss-reactive ketones (excluding diaryl/α,β-unsaturated/α-hetero) is 1. The molecule has 0 spiro atoms. The van der Waals surface area contributed by atoms with E-state index in [1.54, 1.807) is 0 Å². The molecule has 0 amide bonds. The van der Waals surface area contributed by atoms with E-state index in [4.69, 9.17) is 5.73 Å². The molecule has 1 fully saturated rings. The number of piperidine rings is 1. The molecule has 1 saturated heterocycles. The summed E-state index contributed by atoms with van der Waals surface area (Å²) in [5.41, 5.74) is 7.42. The Labute approximate surface area is 89.9 Å². The van der Waals surface area contributed by atoms with Gasteiger partial charge in [-0.15, -0.1) is 0 Å². The highest BCUT2D eigenvalue weighted by atomic mass is 16.1. The van der Waals surface area contributed by atoms with E-state index in [1.165, 1.54) is 0 Å². The maximum atomic E-state index is 11.8. The van der Waals surface area contributed by atoms with Crippen molar-refractivity contribution in [2.75, 3.05) is 19.3 Å². The van der Waals surface area contributed by atoms with Gasteiger partial charge < -0.3 is 5.73 Å². The summed E-state index contributed by atoms with van der Waals surface area (Å²) in [5.74, 6) is 0.313. The second-order valence-electron chi connectivity index (χ2n) is 4.12. The number of anilines is 1. The second-order valence-corrected chi connectivity index (χ2v) is 4.12. The summed E-state index contributed by atoms with van der Waals surface area (Å²) in [7, 11) is 2.00. The maximum Gasteiger partial charge on any atom is 0.154 e. The SMILES string of the molecule is CN1CCCC(=O)C1c1ccc(N)cc1. The van der Waals surface area contributed by atoms with Crippen molar-refractivity contribution in [3.63, 3.8) is 0 Å². The first kappa shape index (κ1) is 10.2. The molecule has 80 valence electrons. The summed E-state index contributed by atoms with van der Waals surface area (Å²) in [5, 5.41) is 0. The molecule has 0 radical (unpaired) electrons. The zero-order valence-electron chi connectivity index (χ0n) is 8.94. The van der Waals surface area contributed by atoms with Crippen molar-refractivity contribution in [3.8, 4) is 0 Å². The van der Waals surface area contributed by atoms with Crippen LogP contribution in [0.4, 0.5) is 5.69 Å². The van der Waals surface area contributed by atoms with Crippen LogP contribution in [0.1, 0.15) is 24.4 Å². The van der Waals surface area contributed by atoms with E-state index in [0.29, 0.717) is 12.2 Å². The third kappa shape index (κ3) is 2.02. The standard InChI is InChI=1S/C12H16N2O/c1-14-8-2-3-11(15)12(14)9-4-6-10(13)7-5-9/h4-7,12H,2-3,8,13H2,1H3. The number of nitrogen functional groups attached to an aromatic ring is 1. The molecule has 2 rings (SSSR count). The number of ketones is 1. The Morgan fingerprint density at radius 1 is 1.33 bits per heavy atom. The third-order valence-corrected chi connectivity index (χ3v) is 2.93. The van der Waals surface area contributed by atoms with Gasteiger partial charge in [-0.1, -0.05) is 12.1 Å². The van der Waals surface area contributed by atoms with E-state index in [2.05, 4.69) is 4.90 Å². The van der Waals surface area contributed by atoms with Crippen molar-refractivity contribution in [2.24, 2.45) is 0 Å². The number of hydrogen-bond acceptors (Lipinski definition) is 3. The lowest BCUT2D eigenvalue weighted by Crippen LogP contribution is -2.36. The summed E-state index contributed by atoms with van der Waals surface area (Å²) in [4.78, 5) is 13.9. The van der Waals surface area contributed by atoms with E-state index in [-0.39, 0.29) is 6.04 Å². The summed E-state index contributed by atoms with van der Waals surface area (Å²) in [6.07, 6.45) is 1.67. The Balaban J connectivity index is 2.27. The molecule has 0 saturated carbocycles. The molecular formula is C12H16N2O. The van der Waals surface area contributed by atoms with Crippen LogP contribution < -0.4 is 5.73 Å². The Bertz CT molecular complexity index is 358. The highest BCUT2D eigenvalue weighted by molar-refractivity contribution is 5.86. The summed E-state index contributed by atoms with van der Waals surface area (Å²) in [6.45, 7) is 0.987. The van der Waals surface area contributed by atoms with Crippen LogP contribution in [-0.2, 0) is 4.79 Å². The van der Waals surface area contributed by atoms with Gasteiger partial charge in [0.2, 0.25) is 0 Å². The number of likely N-dealkylation sites (tertiary alicyclic amines) is 1. The number of likely N-dealkylation sites (N-methyl/N-ethyl adjacent to an activating group) is 1. The summed E-state index contributed by atoms with van der Waals surface area (Å²) in [6, 6.07) is 7.52. The third-order valence-electron chi connectivity index (χ3n) is 2.93. The van der Waals surface area contributed by atoms with Crippen molar-refractivity contribution in [1.29, 1.82) is 0 Å². The molecule has 3 nitrogen and oxygen atoms in total. The topological polar surface area (TPSA) is 46.3 Å². The Kier molecular flexibility index (Phi) is 2.73. The van der Waals surface area contributed by atoms with Crippen LogP contribution in [0, 0.1) is 0 Å². The van der Waals surface area contributed by atoms with Crippen molar-refractivity contribution >= 4 is 11.5 Å². The molecule has 1 aliphatic heterocycles. The molecule has 1 aromatic rings. The summed E-state index contributed by atoms with van der Waals surface area (Å²) < 4.78 is 0. The maximum absolute atomic E-state index is 11.8. The van der Waals surface area contributed by atoms with Gasteiger partial charge in [0.25, 0.3) is 0 Å². The van der Waals surface area contributed by atoms with E-state index >= 15 is 0 Å². The monoisotopic (exact) mass is 204 g/mol. The second kappa shape index (κ2) is 4.03. The van der Waals surface area contributed by atoms with Gasteiger partial charge in [-0.25, -0.2) is 0 Å². The van der Waals surface area contributed by atoms with Crippen molar-refractivity contribution in [1.82, 2.24) is 4.90 Å². The number of benzene rings is 1. The van der Waals surface area contributed by atoms with Gasteiger partial charge in [0.1, 0.15) is 0 Å². The molecule has 15 heavy (non-hydrogen) atoms. The number of rotatable bonds is 1. The largest absolute Gasteiger partial charge is 0.399 e. The number of carbonyl (C=O) groups is 1. The lowest BCUT2D eigenvalue weighted by molar-refractivity contribution is -0.126. The smallest absolute Gasteiger partial charge is 0.154 e. The zero-order valence-corrected chi connectivity index (χ0v) is 8.94. The van der Waals surface area contributed by atoms with Crippen LogP contribution >= 0.6 is 0 Å². The minimum Gasteiger partial charge on any atom is -0.399 e. The first-order chi connectivity index (χ1) is 7.18. The van der Waals surface area contributed by atoms with Crippen LogP contribution in [0.25, 0.3) is 0 Å². The van der Waals surface area contributed by atoms with Gasteiger partial charge in [0.15, 0.2) is 5.78 Å². The molecule has 3 heteroatoms. The predicted octanol–water partition coefficient (Wildman–Crippen LogP) is 1.60. The zero-order chi connectivity index (χ0) is 10.8. The van der Waals surface area contributed by atoms with Crippen LogP contribution in [-0.4, -0.2) is 24.3 Å². The number of hydrogen-bond donors (Lipinski definition) is 1. The number of nitrogens with two attached hydrogens (primary N) is 1. The Morgan fingerprint density at radius 2 is 2.00 bits per heavy atom. The quantitative estimate of drug-likeness (QED) is 0.707. The van der Waals surface area contributed by atoms with E-state index in [0.717, 1.165) is 24.2 Å². The average Bonchev–Trinajstić information content (AvgIpc) is 2.20. The van der Waals surface area contributed by atoms with E-state index in [9.17, 15) is 4.79 Å². The van der Waals surface area contributed by atoms with Gasteiger partial charge in [-0.3, -0.25) is 9.69 Å². The van der Waals surface area contributed by atoms with Crippen LogP contribution in [0.2, 0.25) is 0 Å². The Hall–Kier alpha value is -1.35. The van der Waals surface area contributed by atoms with E-state index in [1.807, 2.05) is 31.3 Å². The highest BCUT2D eigenvalue weighted by Crippen LogP contribution is 2.26. The van der Waals surface area contributed by atoms with Crippen LogP contribution in [0.3, 0.4) is 0 Å². The lowest BCUT2D eigenvalue weighted by atomic mass is 9.94. The van der Waals surface area contributed by atoms with Gasteiger partial charge in [0.05, 0.1) is 6.04 Å². The van der Waals surface area contributed by atoms with Crippen molar-refractivity contribution in [3.05, 3.63) is 29.8 Å². The molecule has 1 aromatic carbocycles. The first-order valence-corrected chi connectivity index (χ1v) is 5.27. The molecule has 0 aliphatic carbocycles.